The van der Waals surface area contributed by atoms with Gasteiger partial charge >= 0.3 is 0 Å². The summed E-state index contributed by atoms with van der Waals surface area (Å²) in [6.45, 7) is 3.36. The zero-order valence-corrected chi connectivity index (χ0v) is 25.4. The van der Waals surface area contributed by atoms with E-state index in [2.05, 4.69) is 15.6 Å². The fraction of sp³-hybridized carbons (Fsp3) is 0.444. The fourth-order valence-corrected chi connectivity index (χ4v) is 4.64. The molecule has 0 radical (unpaired) electrons. The summed E-state index contributed by atoms with van der Waals surface area (Å²) in [6, 6.07) is 5.72. The van der Waals surface area contributed by atoms with Crippen molar-refractivity contribution in [1.29, 1.82) is 0 Å². The number of carbonyl (C=O) groups is 4. The molecule has 0 aliphatic heterocycles. The Hall–Kier alpha value is -4.77. The maximum Gasteiger partial charge on any atom is 0.300 e. The lowest BCUT2D eigenvalue weighted by Gasteiger charge is -2.23. The van der Waals surface area contributed by atoms with Gasteiger partial charge in [0.15, 0.2) is 5.96 Å². The minimum absolute atomic E-state index is 0.0183. The fourth-order valence-electron chi connectivity index (χ4n) is 3.81. The Morgan fingerprint density at radius 3 is 2.34 bits per heavy atom. The molecule has 0 aliphatic carbocycles. The monoisotopic (exact) mass is 636 g/mol. The number of hydrogen-bond acceptors (Lipinski definition) is 10. The molecule has 0 saturated heterocycles. The number of nitrogens with zero attached hydrogens (tertiary/aromatic N) is 3. The minimum atomic E-state index is -0.996. The third-order valence-corrected chi connectivity index (χ3v) is 6.95. The van der Waals surface area contributed by atoms with Gasteiger partial charge in [0, 0.05) is 39.0 Å². The van der Waals surface area contributed by atoms with E-state index < -0.39 is 34.8 Å². The Bertz CT molecular complexity index is 1280. The van der Waals surface area contributed by atoms with Gasteiger partial charge in [-0.1, -0.05) is 12.1 Å². The van der Waals surface area contributed by atoms with Gasteiger partial charge in [-0.05, 0) is 49.3 Å². The van der Waals surface area contributed by atoms with Crippen molar-refractivity contribution < 1.29 is 34.3 Å². The largest absolute Gasteiger partial charge is 0.508 e. The van der Waals surface area contributed by atoms with Crippen LogP contribution in [0.1, 0.15) is 37.1 Å². The summed E-state index contributed by atoms with van der Waals surface area (Å²) in [4.78, 5) is 64.2. The lowest BCUT2D eigenvalue weighted by Crippen LogP contribution is -2.53. The summed E-state index contributed by atoms with van der Waals surface area (Å²) in [5.41, 5.74) is 17.5. The van der Waals surface area contributed by atoms with E-state index in [9.17, 15) is 29.6 Å². The molecule has 1 aromatic heterocycles. The molecule has 0 bridgehead atoms. The first kappa shape index (κ1) is 37.3. The molecular weight excluding hydrogens is 596 g/mol. The number of carboxylic acid groups (broad SMARTS) is 1. The Labute approximate surface area is 258 Å². The van der Waals surface area contributed by atoms with Crippen molar-refractivity contribution in [3.8, 4) is 5.75 Å². The zero-order chi connectivity index (χ0) is 33.2. The van der Waals surface area contributed by atoms with Crippen LogP contribution in [0, 0.1) is 10.1 Å². The van der Waals surface area contributed by atoms with Crippen molar-refractivity contribution in [3.05, 3.63) is 56.3 Å². The summed E-state index contributed by atoms with van der Waals surface area (Å²) < 4.78 is 0. The molecule has 17 heteroatoms. The molecule has 0 spiro atoms. The van der Waals surface area contributed by atoms with Gasteiger partial charge in [0.2, 0.25) is 17.7 Å². The van der Waals surface area contributed by atoms with Crippen LogP contribution < -0.4 is 27.8 Å². The Balaban J connectivity index is 0.00000227. The third kappa shape index (κ3) is 14.4. The van der Waals surface area contributed by atoms with Crippen molar-refractivity contribution in [2.24, 2.45) is 22.2 Å². The molecular formula is C27H40N8O8S. The minimum Gasteiger partial charge on any atom is -0.508 e. The number of thiophene rings is 1. The topological polar surface area (TPSA) is 270 Å². The SMILES string of the molecule is CC(=O)O.CCN(CCc1sccc1[N+](=O)[O-])C(=O)CNC(=O)[C@@H](CCCN=C(N)N)NC(=O)[C@@H](N)Cc1ccc(O)cc1. The van der Waals surface area contributed by atoms with E-state index >= 15 is 0 Å². The molecule has 0 fully saturated rings. The van der Waals surface area contributed by atoms with E-state index in [-0.39, 0.29) is 55.8 Å². The summed E-state index contributed by atoms with van der Waals surface area (Å²) in [7, 11) is 0. The number of amides is 3. The van der Waals surface area contributed by atoms with Crippen LogP contribution in [0.2, 0.25) is 0 Å². The maximum atomic E-state index is 13.0. The number of carboxylic acids is 1. The number of phenols is 1. The highest BCUT2D eigenvalue weighted by molar-refractivity contribution is 7.10. The summed E-state index contributed by atoms with van der Waals surface area (Å²) in [5, 5.41) is 34.8. The van der Waals surface area contributed by atoms with Gasteiger partial charge in [-0.25, -0.2) is 0 Å². The normalized spacial score (nSPS) is 11.6. The lowest BCUT2D eigenvalue weighted by atomic mass is 10.0. The summed E-state index contributed by atoms with van der Waals surface area (Å²) >= 11 is 1.25. The average molecular weight is 637 g/mol. The number of hydrogen-bond donors (Lipinski definition) is 7. The van der Waals surface area contributed by atoms with Crippen molar-refractivity contribution in [1.82, 2.24) is 15.5 Å². The molecule has 1 aromatic carbocycles. The van der Waals surface area contributed by atoms with Crippen LogP contribution >= 0.6 is 11.3 Å². The number of guanidine groups is 1. The van der Waals surface area contributed by atoms with Gasteiger partial charge in [0.25, 0.3) is 11.7 Å². The van der Waals surface area contributed by atoms with Crippen molar-refractivity contribution >= 4 is 46.7 Å². The van der Waals surface area contributed by atoms with Crippen LogP contribution in [0.25, 0.3) is 0 Å². The van der Waals surface area contributed by atoms with Crippen LogP contribution in [0.4, 0.5) is 5.69 Å². The van der Waals surface area contributed by atoms with E-state index in [1.54, 1.807) is 24.4 Å². The molecule has 0 unspecified atom stereocenters. The van der Waals surface area contributed by atoms with Crippen LogP contribution in [-0.2, 0) is 32.0 Å². The van der Waals surface area contributed by atoms with Gasteiger partial charge in [-0.3, -0.25) is 34.3 Å². The van der Waals surface area contributed by atoms with Crippen molar-refractivity contribution in [2.75, 3.05) is 26.2 Å². The molecule has 3 amide bonds. The van der Waals surface area contributed by atoms with Gasteiger partial charge in [0.05, 0.1) is 22.4 Å². The van der Waals surface area contributed by atoms with Crippen LogP contribution in [-0.4, -0.2) is 87.9 Å². The number of nitro groups is 1. The highest BCUT2D eigenvalue weighted by Crippen LogP contribution is 2.25. The average Bonchev–Trinajstić information content (AvgIpc) is 3.43. The molecule has 10 N–H and O–H groups in total. The Kier molecular flexibility index (Phi) is 16.4. The Morgan fingerprint density at radius 1 is 1.14 bits per heavy atom. The molecule has 44 heavy (non-hydrogen) atoms. The molecule has 1 heterocycles. The third-order valence-electron chi connectivity index (χ3n) is 5.98. The van der Waals surface area contributed by atoms with E-state index in [0.717, 1.165) is 12.5 Å². The number of aromatic hydroxyl groups is 1. The zero-order valence-electron chi connectivity index (χ0n) is 24.6. The highest BCUT2D eigenvalue weighted by atomic mass is 32.1. The number of nitrogens with one attached hydrogen (secondary N) is 2. The number of rotatable bonds is 16. The summed E-state index contributed by atoms with van der Waals surface area (Å²) in [5.74, 6) is -2.35. The van der Waals surface area contributed by atoms with E-state index in [0.29, 0.717) is 24.3 Å². The number of aliphatic carboxylic acids is 1. The Morgan fingerprint density at radius 2 is 1.77 bits per heavy atom. The van der Waals surface area contributed by atoms with Crippen molar-refractivity contribution in [3.63, 3.8) is 0 Å². The number of carbonyl (C=O) groups excluding carboxylic acids is 3. The van der Waals surface area contributed by atoms with E-state index in [1.165, 1.54) is 34.4 Å². The van der Waals surface area contributed by atoms with E-state index in [1.807, 2.05) is 0 Å². The van der Waals surface area contributed by atoms with Crippen LogP contribution in [0.15, 0.2) is 40.7 Å². The van der Waals surface area contributed by atoms with Gasteiger partial charge in [0.1, 0.15) is 11.8 Å². The smallest absolute Gasteiger partial charge is 0.300 e. The molecule has 0 aliphatic rings. The first-order valence-corrected chi connectivity index (χ1v) is 14.5. The van der Waals surface area contributed by atoms with Crippen LogP contribution in [0.5, 0.6) is 5.75 Å². The predicted molar refractivity (Wildman–Crippen MR) is 165 cm³/mol. The molecule has 242 valence electrons. The van der Waals surface area contributed by atoms with Gasteiger partial charge in [-0.2, -0.15) is 0 Å². The first-order chi connectivity index (χ1) is 20.7. The number of aliphatic imine (C=N–C) groups is 1. The molecule has 2 rings (SSSR count). The standard InChI is InChI=1S/C25H36N8O6S.C2H4O2/c1-2-32(12-9-21-20(33(38)39)10-13-40-21)22(35)15-30-24(37)19(4-3-11-29-25(27)28)31-23(36)18(26)14-16-5-7-17(34)8-6-16;1-2(3)4/h5-8,10,13,18-19,34H,2-4,9,11-12,14-15,26H2,1H3,(H,30,37)(H,31,36)(H4,27,28,29);1H3,(H,3,4)/t18-,19+;/m0./s1. The van der Waals surface area contributed by atoms with Crippen molar-refractivity contribution in [2.45, 2.75) is 51.6 Å². The second kappa shape index (κ2) is 19.4. The number of likely N-dealkylation sites (N-methyl/N-ethyl adjacent to an activating group) is 1. The van der Waals surface area contributed by atoms with Gasteiger partial charge in [-0.15, -0.1) is 11.3 Å². The number of phenolic OH excluding ortho intramolecular Hbond substituents is 1. The predicted octanol–water partition coefficient (Wildman–Crippen LogP) is 0.0684. The molecule has 2 aromatic rings. The summed E-state index contributed by atoms with van der Waals surface area (Å²) in [6.07, 6.45) is 1.05. The maximum absolute atomic E-state index is 13.0. The molecule has 2 atom stereocenters. The number of benzene rings is 1. The van der Waals surface area contributed by atoms with Crippen LogP contribution in [0.3, 0.4) is 0 Å². The van der Waals surface area contributed by atoms with E-state index in [4.69, 9.17) is 27.1 Å². The van der Waals surface area contributed by atoms with Gasteiger partial charge < -0.3 is 42.9 Å². The second-order valence-electron chi connectivity index (χ2n) is 9.43. The quantitative estimate of drug-likeness (QED) is 0.0426. The number of nitrogens with two attached hydrogens (primary N) is 3. The molecule has 0 saturated carbocycles. The lowest BCUT2D eigenvalue weighted by molar-refractivity contribution is -0.385. The molecule has 16 nitrogen and oxygen atoms in total. The second-order valence-corrected chi connectivity index (χ2v) is 10.4. The highest BCUT2D eigenvalue weighted by Gasteiger charge is 2.25. The first-order valence-electron chi connectivity index (χ1n) is 13.6.